The third-order valence-electron chi connectivity index (χ3n) is 7.24. The van der Waals surface area contributed by atoms with E-state index in [0.717, 1.165) is 57.7 Å². The highest BCUT2D eigenvalue weighted by molar-refractivity contribution is 5.73. The number of carbonyl (C=O) groups is 1. The van der Waals surface area contributed by atoms with E-state index in [-0.39, 0.29) is 12.0 Å². The van der Waals surface area contributed by atoms with E-state index in [9.17, 15) is 9.90 Å². The molecule has 3 aliphatic rings. The minimum absolute atomic E-state index is 0.167. The van der Waals surface area contributed by atoms with E-state index in [1.165, 1.54) is 49.0 Å². The molecule has 0 spiro atoms. The summed E-state index contributed by atoms with van der Waals surface area (Å²) in [6, 6.07) is 7.72. The lowest BCUT2D eigenvalue weighted by molar-refractivity contribution is -0.130. The van der Waals surface area contributed by atoms with Crippen molar-refractivity contribution < 1.29 is 9.90 Å². The van der Waals surface area contributed by atoms with Gasteiger partial charge in [0, 0.05) is 39.1 Å². The largest absolute Gasteiger partial charge is 0.393 e. The third kappa shape index (κ3) is 4.77. The third-order valence-corrected chi connectivity index (χ3v) is 7.24. The summed E-state index contributed by atoms with van der Waals surface area (Å²) in [5.41, 5.74) is 4.26. The van der Waals surface area contributed by atoms with Crippen LogP contribution in [-0.4, -0.2) is 59.1 Å². The Labute approximate surface area is 169 Å². The lowest BCUT2D eigenvalue weighted by Crippen LogP contribution is -2.41. The van der Waals surface area contributed by atoms with E-state index in [4.69, 9.17) is 0 Å². The van der Waals surface area contributed by atoms with Crippen molar-refractivity contribution >= 4 is 5.91 Å². The molecule has 2 aliphatic heterocycles. The van der Waals surface area contributed by atoms with Gasteiger partial charge in [0.25, 0.3) is 0 Å². The lowest BCUT2D eigenvalue weighted by atomic mass is 9.89. The molecular formula is C24H36N2O2. The molecule has 1 N–H and O–H groups in total. The molecule has 2 atom stereocenters. The maximum absolute atomic E-state index is 11.6. The zero-order chi connectivity index (χ0) is 19.5. The first-order chi connectivity index (χ1) is 13.6. The minimum Gasteiger partial charge on any atom is -0.393 e. The van der Waals surface area contributed by atoms with Gasteiger partial charge in [-0.25, -0.2) is 0 Å². The highest BCUT2D eigenvalue weighted by Gasteiger charge is 2.27. The molecule has 1 unspecified atom stereocenters. The fourth-order valence-corrected chi connectivity index (χ4v) is 5.32. The maximum Gasteiger partial charge on any atom is 0.219 e. The van der Waals surface area contributed by atoms with Crippen LogP contribution < -0.4 is 0 Å². The van der Waals surface area contributed by atoms with Crippen LogP contribution in [0.4, 0.5) is 0 Å². The van der Waals surface area contributed by atoms with Gasteiger partial charge >= 0.3 is 0 Å². The number of carbonyl (C=O) groups excluding carboxylic acids is 1. The molecular weight excluding hydrogens is 348 g/mol. The molecule has 0 radical (unpaired) electrons. The van der Waals surface area contributed by atoms with Crippen molar-refractivity contribution in [1.29, 1.82) is 0 Å². The number of fused-ring (bicyclic) bond motifs is 1. The van der Waals surface area contributed by atoms with Crippen molar-refractivity contribution in [1.82, 2.24) is 9.80 Å². The molecule has 4 nitrogen and oxygen atoms in total. The molecule has 1 amide bonds. The Morgan fingerprint density at radius 3 is 2.61 bits per heavy atom. The zero-order valence-corrected chi connectivity index (χ0v) is 17.4. The summed E-state index contributed by atoms with van der Waals surface area (Å²) in [7, 11) is 0. The molecule has 2 fully saturated rings. The predicted octanol–water partition coefficient (Wildman–Crippen LogP) is 3.19. The summed E-state index contributed by atoms with van der Waals surface area (Å²) < 4.78 is 0. The molecule has 1 aromatic rings. The molecule has 1 saturated heterocycles. The first-order valence-corrected chi connectivity index (χ1v) is 11.4. The molecule has 28 heavy (non-hydrogen) atoms. The Hall–Kier alpha value is -1.39. The van der Waals surface area contributed by atoms with Gasteiger partial charge in [-0.05, 0) is 74.0 Å². The quantitative estimate of drug-likeness (QED) is 0.848. The van der Waals surface area contributed by atoms with E-state index < -0.39 is 0 Å². The van der Waals surface area contributed by atoms with E-state index in [2.05, 4.69) is 23.1 Å². The van der Waals surface area contributed by atoms with Crippen molar-refractivity contribution in [2.75, 3.05) is 26.2 Å². The number of hydrogen-bond donors (Lipinski definition) is 1. The summed E-state index contributed by atoms with van der Waals surface area (Å²) in [6.45, 7) is 5.74. The van der Waals surface area contributed by atoms with E-state index >= 15 is 0 Å². The monoisotopic (exact) mass is 384 g/mol. The number of likely N-dealkylation sites (tertiary alicyclic amines) is 1. The topological polar surface area (TPSA) is 43.8 Å². The van der Waals surface area contributed by atoms with Crippen LogP contribution in [0.15, 0.2) is 18.2 Å². The van der Waals surface area contributed by atoms with Crippen LogP contribution in [0.2, 0.25) is 0 Å². The van der Waals surface area contributed by atoms with Crippen molar-refractivity contribution in [3.63, 3.8) is 0 Å². The molecule has 1 aromatic carbocycles. The van der Waals surface area contributed by atoms with Crippen molar-refractivity contribution in [3.8, 4) is 0 Å². The lowest BCUT2D eigenvalue weighted by Gasteiger charge is -2.36. The van der Waals surface area contributed by atoms with Crippen LogP contribution in [0.25, 0.3) is 0 Å². The van der Waals surface area contributed by atoms with E-state index in [1.54, 1.807) is 6.92 Å². The molecule has 4 heteroatoms. The van der Waals surface area contributed by atoms with Crippen molar-refractivity contribution in [3.05, 3.63) is 34.9 Å². The standard InChI is InChI=1S/C24H36N2O2/c1-18(27)26-11-3-4-20(17-26)16-24(28)15-19-7-8-21-9-12-25(23-5-2-6-23)13-10-22(21)14-19/h7-8,14,20,23-24,28H,2-6,9-13,15-17H2,1H3/t20-,24?/m1/s1. The highest BCUT2D eigenvalue weighted by Crippen LogP contribution is 2.28. The molecule has 1 saturated carbocycles. The minimum atomic E-state index is -0.313. The molecule has 1 aliphatic carbocycles. The van der Waals surface area contributed by atoms with Gasteiger partial charge in [0.1, 0.15) is 0 Å². The second-order valence-corrected chi connectivity index (χ2v) is 9.29. The van der Waals surface area contributed by atoms with Crippen LogP contribution in [0.5, 0.6) is 0 Å². The van der Waals surface area contributed by atoms with E-state index in [0.29, 0.717) is 5.92 Å². The Morgan fingerprint density at radius 2 is 1.89 bits per heavy atom. The summed E-state index contributed by atoms with van der Waals surface area (Å²) in [5.74, 6) is 0.602. The molecule has 154 valence electrons. The number of amides is 1. The SMILES string of the molecule is CC(=O)N1CCC[C@H](CC(O)Cc2ccc3c(c2)CCN(C2CCC2)CC3)C1. The first kappa shape index (κ1) is 19.9. The number of rotatable bonds is 5. The smallest absolute Gasteiger partial charge is 0.219 e. The van der Waals surface area contributed by atoms with Crippen LogP contribution in [-0.2, 0) is 24.1 Å². The van der Waals surface area contributed by atoms with Crippen molar-refractivity contribution in [2.45, 2.75) is 76.9 Å². The number of benzene rings is 1. The summed E-state index contributed by atoms with van der Waals surface area (Å²) >= 11 is 0. The van der Waals surface area contributed by atoms with Crippen LogP contribution in [0.3, 0.4) is 0 Å². The Bertz CT molecular complexity index is 685. The molecule has 2 heterocycles. The van der Waals surface area contributed by atoms with Gasteiger partial charge in [0.05, 0.1) is 6.10 Å². The average Bonchev–Trinajstić information content (AvgIpc) is 2.83. The Balaban J connectivity index is 1.31. The molecule has 0 bridgehead atoms. The second-order valence-electron chi connectivity index (χ2n) is 9.29. The van der Waals surface area contributed by atoms with Gasteiger partial charge in [0.15, 0.2) is 0 Å². The summed E-state index contributed by atoms with van der Waals surface area (Å²) in [6.07, 6.45) is 9.89. The number of aliphatic hydroxyl groups is 1. The predicted molar refractivity (Wildman–Crippen MR) is 112 cm³/mol. The fraction of sp³-hybridized carbons (Fsp3) is 0.708. The number of hydrogen-bond acceptors (Lipinski definition) is 3. The number of piperidine rings is 1. The van der Waals surface area contributed by atoms with Crippen molar-refractivity contribution in [2.24, 2.45) is 5.92 Å². The van der Waals surface area contributed by atoms with E-state index in [1.807, 2.05) is 4.90 Å². The van der Waals surface area contributed by atoms with Gasteiger partial charge in [0.2, 0.25) is 5.91 Å². The van der Waals surface area contributed by atoms with Gasteiger partial charge in [-0.3, -0.25) is 9.69 Å². The van der Waals surface area contributed by atoms with Crippen LogP contribution in [0, 0.1) is 5.92 Å². The maximum atomic E-state index is 11.6. The van der Waals surface area contributed by atoms with Gasteiger partial charge in [-0.1, -0.05) is 24.6 Å². The second kappa shape index (κ2) is 8.96. The summed E-state index contributed by atoms with van der Waals surface area (Å²) in [5, 5.41) is 10.7. The van der Waals surface area contributed by atoms with Gasteiger partial charge in [-0.2, -0.15) is 0 Å². The number of aliphatic hydroxyl groups excluding tert-OH is 1. The first-order valence-electron chi connectivity index (χ1n) is 11.4. The summed E-state index contributed by atoms with van der Waals surface area (Å²) in [4.78, 5) is 16.3. The van der Waals surface area contributed by atoms with Gasteiger partial charge in [-0.15, -0.1) is 0 Å². The van der Waals surface area contributed by atoms with Gasteiger partial charge < -0.3 is 10.0 Å². The zero-order valence-electron chi connectivity index (χ0n) is 17.4. The number of nitrogens with zero attached hydrogens (tertiary/aromatic N) is 2. The normalized spacial score (nSPS) is 24.9. The van der Waals surface area contributed by atoms with Crippen LogP contribution in [0.1, 0.15) is 62.1 Å². The molecule has 0 aromatic heterocycles. The fourth-order valence-electron chi connectivity index (χ4n) is 5.32. The Morgan fingerprint density at radius 1 is 1.11 bits per heavy atom. The average molecular weight is 385 g/mol. The van der Waals surface area contributed by atoms with Crippen LogP contribution >= 0.6 is 0 Å². The molecule has 4 rings (SSSR count). The Kier molecular flexibility index (Phi) is 6.37. The highest BCUT2D eigenvalue weighted by atomic mass is 16.3.